The van der Waals surface area contributed by atoms with Crippen LogP contribution in [0.4, 0.5) is 4.79 Å². The maximum absolute atomic E-state index is 12.6. The molecule has 2 atom stereocenters. The molecule has 0 radical (unpaired) electrons. The molecule has 0 aromatic heterocycles. The van der Waals surface area contributed by atoms with Crippen molar-refractivity contribution in [1.29, 1.82) is 0 Å². The quantitative estimate of drug-likeness (QED) is 0.715. The van der Waals surface area contributed by atoms with Gasteiger partial charge in [0.15, 0.2) is 6.10 Å². The fourth-order valence-corrected chi connectivity index (χ4v) is 2.75. The van der Waals surface area contributed by atoms with Crippen LogP contribution in [-0.2, 0) is 14.3 Å². The van der Waals surface area contributed by atoms with Crippen LogP contribution in [0, 0.1) is 0 Å². The van der Waals surface area contributed by atoms with Crippen molar-refractivity contribution in [2.75, 3.05) is 33.3 Å². The molecule has 2 aliphatic rings. The Balaban J connectivity index is 2.06. The Morgan fingerprint density at radius 1 is 1.24 bits per heavy atom. The molecule has 118 valence electrons. The van der Waals surface area contributed by atoms with E-state index in [1.165, 1.54) is 4.90 Å². The topological polar surface area (TPSA) is 99.2 Å². The lowest BCUT2D eigenvalue weighted by atomic mass is 10.0. The molecule has 2 fully saturated rings. The lowest BCUT2D eigenvalue weighted by Gasteiger charge is -2.40. The molecule has 0 aromatic carbocycles. The van der Waals surface area contributed by atoms with E-state index < -0.39 is 18.1 Å². The zero-order valence-electron chi connectivity index (χ0n) is 12.1. The van der Waals surface area contributed by atoms with Gasteiger partial charge < -0.3 is 25.0 Å². The number of rotatable bonds is 2. The van der Waals surface area contributed by atoms with Gasteiger partial charge >= 0.3 is 12.0 Å². The van der Waals surface area contributed by atoms with E-state index in [2.05, 4.69) is 5.32 Å². The van der Waals surface area contributed by atoms with Crippen LogP contribution in [0.1, 0.15) is 19.3 Å². The second-order valence-electron chi connectivity index (χ2n) is 5.25. The highest BCUT2D eigenvalue weighted by Crippen LogP contribution is 2.20. The minimum Gasteiger partial charge on any atom is -0.479 e. The number of hydrogen-bond acceptors (Lipinski definition) is 4. The molecule has 3 amide bonds. The number of likely N-dealkylation sites (N-methyl/N-ethyl adjacent to an activating group) is 1. The highest BCUT2D eigenvalue weighted by atomic mass is 16.5. The van der Waals surface area contributed by atoms with E-state index in [4.69, 9.17) is 9.84 Å². The predicted molar refractivity (Wildman–Crippen MR) is 72.8 cm³/mol. The summed E-state index contributed by atoms with van der Waals surface area (Å²) in [5.74, 6) is -1.25. The van der Waals surface area contributed by atoms with Gasteiger partial charge in [0.2, 0.25) is 5.91 Å². The van der Waals surface area contributed by atoms with Crippen LogP contribution >= 0.6 is 0 Å². The number of hydrogen-bond donors (Lipinski definition) is 2. The van der Waals surface area contributed by atoms with Crippen molar-refractivity contribution in [3.05, 3.63) is 0 Å². The van der Waals surface area contributed by atoms with Gasteiger partial charge in [0.05, 0.1) is 13.2 Å². The Hall–Kier alpha value is -1.83. The number of carbonyl (C=O) groups is 3. The zero-order chi connectivity index (χ0) is 15.4. The third-order valence-electron chi connectivity index (χ3n) is 3.91. The smallest absolute Gasteiger partial charge is 0.334 e. The van der Waals surface area contributed by atoms with Gasteiger partial charge in [-0.05, 0) is 19.3 Å². The summed E-state index contributed by atoms with van der Waals surface area (Å²) >= 11 is 0. The monoisotopic (exact) mass is 299 g/mol. The Bertz CT molecular complexity index is 428. The van der Waals surface area contributed by atoms with Gasteiger partial charge in [0, 0.05) is 20.1 Å². The van der Waals surface area contributed by atoms with Gasteiger partial charge in [-0.2, -0.15) is 0 Å². The van der Waals surface area contributed by atoms with Crippen molar-refractivity contribution in [3.8, 4) is 0 Å². The van der Waals surface area contributed by atoms with Crippen molar-refractivity contribution in [2.24, 2.45) is 0 Å². The summed E-state index contributed by atoms with van der Waals surface area (Å²) < 4.78 is 5.11. The number of aliphatic carboxylic acids is 1. The van der Waals surface area contributed by atoms with E-state index in [1.807, 2.05) is 0 Å². The molecule has 0 aliphatic carbocycles. The molecule has 8 heteroatoms. The first-order chi connectivity index (χ1) is 10.0. The van der Waals surface area contributed by atoms with E-state index in [0.29, 0.717) is 19.5 Å². The standard InChI is InChI=1S/C13H21N3O5/c1-14-11(17)9-4-2-3-5-16(9)13(20)15-6-7-21-10(8-15)12(18)19/h9-10H,2-8H2,1H3,(H,14,17)(H,18,19). The molecule has 2 heterocycles. The van der Waals surface area contributed by atoms with Crippen molar-refractivity contribution in [2.45, 2.75) is 31.4 Å². The van der Waals surface area contributed by atoms with Gasteiger partial charge in [-0.1, -0.05) is 0 Å². The molecule has 8 nitrogen and oxygen atoms in total. The SMILES string of the molecule is CNC(=O)C1CCCCN1C(=O)N1CCOC(C(=O)O)C1. The van der Waals surface area contributed by atoms with Crippen LogP contribution in [0.5, 0.6) is 0 Å². The number of carboxylic acid groups (broad SMARTS) is 1. The molecular weight excluding hydrogens is 278 g/mol. The largest absolute Gasteiger partial charge is 0.479 e. The third-order valence-corrected chi connectivity index (χ3v) is 3.91. The Morgan fingerprint density at radius 3 is 2.67 bits per heavy atom. The molecule has 2 rings (SSSR count). The van der Waals surface area contributed by atoms with Crippen LogP contribution in [-0.4, -0.2) is 78.2 Å². The summed E-state index contributed by atoms with van der Waals surface area (Å²) in [6.45, 7) is 1.08. The lowest BCUT2D eigenvalue weighted by molar-refractivity contribution is -0.155. The van der Waals surface area contributed by atoms with Crippen LogP contribution in [0.25, 0.3) is 0 Å². The number of carbonyl (C=O) groups excluding carboxylic acids is 2. The average molecular weight is 299 g/mol. The average Bonchev–Trinajstić information content (AvgIpc) is 2.53. The molecule has 2 N–H and O–H groups in total. The van der Waals surface area contributed by atoms with Crippen molar-refractivity contribution in [1.82, 2.24) is 15.1 Å². The molecule has 2 aliphatic heterocycles. The number of likely N-dealkylation sites (tertiary alicyclic amines) is 1. The summed E-state index contributed by atoms with van der Waals surface area (Å²) in [6.07, 6.45) is 1.40. The molecule has 0 spiro atoms. The van der Waals surface area contributed by atoms with E-state index >= 15 is 0 Å². The number of piperidine rings is 1. The number of carboxylic acids is 1. The zero-order valence-corrected chi connectivity index (χ0v) is 12.1. The number of amides is 3. The molecule has 0 aromatic rings. The Morgan fingerprint density at radius 2 is 2.00 bits per heavy atom. The van der Waals surface area contributed by atoms with Crippen LogP contribution in [0.15, 0.2) is 0 Å². The maximum atomic E-state index is 12.6. The van der Waals surface area contributed by atoms with Gasteiger partial charge in [0.25, 0.3) is 0 Å². The fourth-order valence-electron chi connectivity index (χ4n) is 2.75. The summed E-state index contributed by atoms with van der Waals surface area (Å²) in [4.78, 5) is 38.5. The number of morpholine rings is 1. The highest BCUT2D eigenvalue weighted by Gasteiger charge is 2.37. The number of nitrogens with zero attached hydrogens (tertiary/aromatic N) is 2. The van der Waals surface area contributed by atoms with E-state index in [1.54, 1.807) is 11.9 Å². The van der Waals surface area contributed by atoms with E-state index in [9.17, 15) is 14.4 Å². The summed E-state index contributed by atoms with van der Waals surface area (Å²) in [5.41, 5.74) is 0. The van der Waals surface area contributed by atoms with Crippen LogP contribution < -0.4 is 5.32 Å². The number of ether oxygens (including phenoxy) is 1. The normalized spacial score (nSPS) is 26.3. The summed E-state index contributed by atoms with van der Waals surface area (Å²) in [5, 5.41) is 11.6. The fraction of sp³-hybridized carbons (Fsp3) is 0.769. The van der Waals surface area contributed by atoms with Gasteiger partial charge in [0.1, 0.15) is 6.04 Å². The van der Waals surface area contributed by atoms with Crippen molar-refractivity contribution < 1.29 is 24.2 Å². The first-order valence-corrected chi connectivity index (χ1v) is 7.16. The summed E-state index contributed by atoms with van der Waals surface area (Å²) in [7, 11) is 1.55. The lowest BCUT2D eigenvalue weighted by Crippen LogP contribution is -2.58. The third kappa shape index (κ3) is 3.44. The van der Waals surface area contributed by atoms with Crippen LogP contribution in [0.2, 0.25) is 0 Å². The molecule has 2 unspecified atom stereocenters. The second kappa shape index (κ2) is 6.75. The maximum Gasteiger partial charge on any atom is 0.334 e. The molecule has 2 saturated heterocycles. The second-order valence-corrected chi connectivity index (χ2v) is 5.25. The summed E-state index contributed by atoms with van der Waals surface area (Å²) in [6, 6.07) is -0.750. The minimum atomic E-state index is -1.08. The van der Waals surface area contributed by atoms with Crippen LogP contribution in [0.3, 0.4) is 0 Å². The molecule has 21 heavy (non-hydrogen) atoms. The predicted octanol–water partition coefficient (Wildman–Crippen LogP) is -0.508. The van der Waals surface area contributed by atoms with Crippen molar-refractivity contribution >= 4 is 17.9 Å². The Kier molecular flexibility index (Phi) is 5.00. The van der Waals surface area contributed by atoms with E-state index in [-0.39, 0.29) is 25.1 Å². The highest BCUT2D eigenvalue weighted by molar-refractivity contribution is 5.87. The Labute approximate surface area is 123 Å². The van der Waals surface area contributed by atoms with Crippen molar-refractivity contribution in [3.63, 3.8) is 0 Å². The molecular formula is C13H21N3O5. The van der Waals surface area contributed by atoms with E-state index in [0.717, 1.165) is 12.8 Å². The van der Waals surface area contributed by atoms with Gasteiger partial charge in [-0.15, -0.1) is 0 Å². The number of nitrogens with one attached hydrogen (secondary N) is 1. The molecule has 0 saturated carbocycles. The minimum absolute atomic E-state index is 0.0190. The first-order valence-electron chi connectivity index (χ1n) is 7.16. The van der Waals surface area contributed by atoms with Gasteiger partial charge in [-0.25, -0.2) is 9.59 Å². The first kappa shape index (κ1) is 15.6. The number of urea groups is 1. The molecule has 0 bridgehead atoms. The van der Waals surface area contributed by atoms with Gasteiger partial charge in [-0.3, -0.25) is 4.79 Å².